The second kappa shape index (κ2) is 4.01. The zero-order valence-corrected chi connectivity index (χ0v) is 11.0. The predicted molar refractivity (Wildman–Crippen MR) is 67.2 cm³/mol. The second-order valence-corrected chi connectivity index (χ2v) is 6.30. The maximum absolute atomic E-state index is 11.5. The lowest BCUT2D eigenvalue weighted by atomic mass is 9.55. The van der Waals surface area contributed by atoms with Gasteiger partial charge in [-0.15, -0.1) is 0 Å². The van der Waals surface area contributed by atoms with E-state index in [0.29, 0.717) is 11.3 Å². The number of hydrogen-bond acceptors (Lipinski definition) is 1. The lowest BCUT2D eigenvalue weighted by molar-refractivity contribution is -0.114. The van der Waals surface area contributed by atoms with Crippen LogP contribution in [0, 0.1) is 23.2 Å². The summed E-state index contributed by atoms with van der Waals surface area (Å²) in [4.78, 5) is 11.5. The van der Waals surface area contributed by atoms with Crippen LogP contribution in [0.15, 0.2) is 11.6 Å². The van der Waals surface area contributed by atoms with Crippen molar-refractivity contribution in [2.45, 2.75) is 53.4 Å². The molecule has 1 fully saturated rings. The zero-order chi connectivity index (χ0) is 11.9. The number of allylic oxidation sites excluding steroid dienone is 2. The Morgan fingerprint density at radius 3 is 2.69 bits per heavy atom. The highest BCUT2D eigenvalue weighted by molar-refractivity contribution is 5.93. The van der Waals surface area contributed by atoms with Crippen molar-refractivity contribution in [3.8, 4) is 0 Å². The Morgan fingerprint density at radius 2 is 2.06 bits per heavy atom. The molecule has 0 bridgehead atoms. The van der Waals surface area contributed by atoms with E-state index < -0.39 is 0 Å². The van der Waals surface area contributed by atoms with E-state index in [1.807, 2.05) is 0 Å². The summed E-state index contributed by atoms with van der Waals surface area (Å²) in [5, 5.41) is 0. The molecule has 1 nitrogen and oxygen atoms in total. The van der Waals surface area contributed by atoms with Gasteiger partial charge in [0.2, 0.25) is 0 Å². The number of carbonyl (C=O) groups is 1. The Kier molecular flexibility index (Phi) is 2.98. The normalized spacial score (nSPS) is 43.5. The number of Topliss-reactive ketones (excluding diaryl/α,β-unsaturated/α-hetero) is 1. The molecule has 2 aliphatic rings. The molecule has 1 heteroatoms. The Hall–Kier alpha value is -0.590. The molecule has 0 aromatic rings. The molecule has 2 rings (SSSR count). The van der Waals surface area contributed by atoms with Gasteiger partial charge in [-0.25, -0.2) is 0 Å². The Morgan fingerprint density at radius 1 is 1.38 bits per heavy atom. The van der Waals surface area contributed by atoms with Gasteiger partial charge in [0.25, 0.3) is 0 Å². The first kappa shape index (κ1) is 11.9. The largest absolute Gasteiger partial charge is 0.295 e. The monoisotopic (exact) mass is 220 g/mol. The molecule has 0 aliphatic heterocycles. The fourth-order valence-electron chi connectivity index (χ4n) is 3.63. The summed E-state index contributed by atoms with van der Waals surface area (Å²) >= 11 is 0. The molecule has 4 unspecified atom stereocenters. The maximum Gasteiger partial charge on any atom is 0.155 e. The third kappa shape index (κ3) is 1.85. The lowest BCUT2D eigenvalue weighted by Crippen LogP contribution is -2.41. The molecule has 0 aromatic heterocycles. The standard InChI is InChI=1S/C15H24O/c1-10-5-7-15(4)8-6-13(12(3)16)9-14(15)11(10)2/h9-11,14H,5-8H2,1-4H3. The number of ketones is 1. The van der Waals surface area contributed by atoms with Crippen molar-refractivity contribution in [3.63, 3.8) is 0 Å². The van der Waals surface area contributed by atoms with Crippen LogP contribution < -0.4 is 0 Å². The van der Waals surface area contributed by atoms with Gasteiger partial charge >= 0.3 is 0 Å². The fraction of sp³-hybridized carbons (Fsp3) is 0.800. The molecular formula is C15H24O. The van der Waals surface area contributed by atoms with Crippen LogP contribution in [-0.2, 0) is 4.79 Å². The summed E-state index contributed by atoms with van der Waals surface area (Å²) < 4.78 is 0. The fourth-order valence-corrected chi connectivity index (χ4v) is 3.63. The summed E-state index contributed by atoms with van der Waals surface area (Å²) in [5.74, 6) is 2.45. The van der Waals surface area contributed by atoms with E-state index in [4.69, 9.17) is 0 Å². The van der Waals surface area contributed by atoms with Crippen molar-refractivity contribution in [2.75, 3.05) is 0 Å². The Labute approximate surface area is 99.3 Å². The van der Waals surface area contributed by atoms with Gasteiger partial charge in [-0.3, -0.25) is 4.79 Å². The van der Waals surface area contributed by atoms with Crippen LogP contribution in [-0.4, -0.2) is 5.78 Å². The van der Waals surface area contributed by atoms with Crippen molar-refractivity contribution < 1.29 is 4.79 Å². The smallest absolute Gasteiger partial charge is 0.155 e. The molecule has 0 aromatic carbocycles. The van der Waals surface area contributed by atoms with Crippen LogP contribution in [0.4, 0.5) is 0 Å². The first-order chi connectivity index (χ1) is 7.44. The van der Waals surface area contributed by atoms with Crippen LogP contribution in [0.25, 0.3) is 0 Å². The van der Waals surface area contributed by atoms with Gasteiger partial charge in [0, 0.05) is 0 Å². The molecule has 16 heavy (non-hydrogen) atoms. The van der Waals surface area contributed by atoms with Gasteiger partial charge in [0.1, 0.15) is 0 Å². The summed E-state index contributed by atoms with van der Waals surface area (Å²) in [5.41, 5.74) is 1.55. The quantitative estimate of drug-likeness (QED) is 0.653. The third-order valence-corrected chi connectivity index (χ3v) is 5.24. The third-order valence-electron chi connectivity index (χ3n) is 5.24. The van der Waals surface area contributed by atoms with E-state index in [1.54, 1.807) is 6.92 Å². The molecule has 0 radical (unpaired) electrons. The summed E-state index contributed by atoms with van der Waals surface area (Å²) in [6, 6.07) is 0. The van der Waals surface area contributed by atoms with Crippen molar-refractivity contribution in [1.82, 2.24) is 0 Å². The SMILES string of the molecule is CC(=O)C1=CC2C(C)C(C)CCC2(C)CC1. The molecule has 0 heterocycles. The van der Waals surface area contributed by atoms with E-state index in [0.717, 1.165) is 23.8 Å². The molecule has 4 atom stereocenters. The summed E-state index contributed by atoms with van der Waals surface area (Å²) in [6.07, 6.45) is 7.22. The summed E-state index contributed by atoms with van der Waals surface area (Å²) in [7, 11) is 0. The molecular weight excluding hydrogens is 196 g/mol. The first-order valence-corrected chi connectivity index (χ1v) is 6.66. The molecule has 0 saturated heterocycles. The summed E-state index contributed by atoms with van der Waals surface area (Å²) in [6.45, 7) is 8.87. The topological polar surface area (TPSA) is 17.1 Å². The van der Waals surface area contributed by atoms with Crippen LogP contribution >= 0.6 is 0 Å². The number of carbonyl (C=O) groups excluding carboxylic acids is 1. The van der Waals surface area contributed by atoms with E-state index in [-0.39, 0.29) is 5.78 Å². The minimum absolute atomic E-state index is 0.285. The highest BCUT2D eigenvalue weighted by Gasteiger charge is 2.44. The second-order valence-electron chi connectivity index (χ2n) is 6.30. The molecule has 2 aliphatic carbocycles. The molecule has 90 valence electrons. The first-order valence-electron chi connectivity index (χ1n) is 6.66. The molecule has 1 saturated carbocycles. The minimum Gasteiger partial charge on any atom is -0.295 e. The molecule has 0 N–H and O–H groups in total. The highest BCUT2D eigenvalue weighted by Crippen LogP contribution is 2.53. The molecule has 0 amide bonds. The van der Waals surface area contributed by atoms with Crippen LogP contribution in [0.2, 0.25) is 0 Å². The van der Waals surface area contributed by atoms with E-state index in [1.165, 1.54) is 19.3 Å². The lowest BCUT2D eigenvalue weighted by Gasteiger charge is -2.49. The van der Waals surface area contributed by atoms with E-state index >= 15 is 0 Å². The van der Waals surface area contributed by atoms with E-state index in [2.05, 4.69) is 26.8 Å². The van der Waals surface area contributed by atoms with Crippen molar-refractivity contribution >= 4 is 5.78 Å². The number of hydrogen-bond donors (Lipinski definition) is 0. The minimum atomic E-state index is 0.285. The van der Waals surface area contributed by atoms with Gasteiger partial charge < -0.3 is 0 Å². The van der Waals surface area contributed by atoms with Crippen molar-refractivity contribution in [2.24, 2.45) is 23.2 Å². The zero-order valence-electron chi connectivity index (χ0n) is 11.0. The maximum atomic E-state index is 11.5. The van der Waals surface area contributed by atoms with Crippen LogP contribution in [0.5, 0.6) is 0 Å². The molecule has 0 spiro atoms. The number of fused-ring (bicyclic) bond motifs is 1. The van der Waals surface area contributed by atoms with Gasteiger partial charge in [-0.1, -0.05) is 26.8 Å². The van der Waals surface area contributed by atoms with Gasteiger partial charge in [-0.05, 0) is 61.3 Å². The van der Waals surface area contributed by atoms with Crippen molar-refractivity contribution in [1.29, 1.82) is 0 Å². The average molecular weight is 220 g/mol. The van der Waals surface area contributed by atoms with Gasteiger partial charge in [0.15, 0.2) is 5.78 Å². The average Bonchev–Trinajstić information content (AvgIpc) is 2.24. The van der Waals surface area contributed by atoms with E-state index in [9.17, 15) is 4.79 Å². The Bertz CT molecular complexity index is 328. The Balaban J connectivity index is 2.30. The van der Waals surface area contributed by atoms with Crippen LogP contribution in [0.3, 0.4) is 0 Å². The van der Waals surface area contributed by atoms with Crippen LogP contribution in [0.1, 0.15) is 53.4 Å². The van der Waals surface area contributed by atoms with Crippen molar-refractivity contribution in [3.05, 3.63) is 11.6 Å². The number of rotatable bonds is 1. The van der Waals surface area contributed by atoms with Gasteiger partial charge in [0.05, 0.1) is 0 Å². The highest BCUT2D eigenvalue weighted by atomic mass is 16.1. The van der Waals surface area contributed by atoms with Gasteiger partial charge in [-0.2, -0.15) is 0 Å². The predicted octanol–water partition coefficient (Wildman–Crippen LogP) is 3.98.